The van der Waals surface area contributed by atoms with Crippen molar-refractivity contribution in [3.8, 4) is 11.8 Å². The molecule has 0 saturated heterocycles. The number of hydrogen-bond donors (Lipinski definition) is 1. The standard InChI is InChI=1S/C10H11ClN2O/c1-7(6-12)13-9-4-3-8(11)5-10(9)14-2/h3-5,7,13H,1-2H3. The van der Waals surface area contributed by atoms with Gasteiger partial charge in [0.15, 0.2) is 0 Å². The molecule has 1 rings (SSSR count). The summed E-state index contributed by atoms with van der Waals surface area (Å²) in [6, 6.07) is 7.06. The minimum Gasteiger partial charge on any atom is -0.495 e. The van der Waals surface area contributed by atoms with Crippen LogP contribution < -0.4 is 10.1 Å². The predicted molar refractivity (Wildman–Crippen MR) is 56.7 cm³/mol. The van der Waals surface area contributed by atoms with Crippen LogP contribution in [0.5, 0.6) is 5.75 Å². The van der Waals surface area contributed by atoms with Gasteiger partial charge in [-0.3, -0.25) is 0 Å². The van der Waals surface area contributed by atoms with Gasteiger partial charge >= 0.3 is 0 Å². The zero-order valence-corrected chi connectivity index (χ0v) is 8.80. The highest BCUT2D eigenvalue weighted by Crippen LogP contribution is 2.28. The van der Waals surface area contributed by atoms with E-state index >= 15 is 0 Å². The lowest BCUT2D eigenvalue weighted by atomic mass is 10.2. The van der Waals surface area contributed by atoms with Crippen molar-refractivity contribution < 1.29 is 4.74 Å². The molecule has 0 heterocycles. The van der Waals surface area contributed by atoms with Gasteiger partial charge in [0.05, 0.1) is 18.9 Å². The number of rotatable bonds is 3. The molecule has 74 valence electrons. The molecule has 0 spiro atoms. The monoisotopic (exact) mass is 210 g/mol. The van der Waals surface area contributed by atoms with Crippen molar-refractivity contribution in [3.63, 3.8) is 0 Å². The second-order valence-electron chi connectivity index (χ2n) is 2.84. The Morgan fingerprint density at radius 3 is 2.86 bits per heavy atom. The van der Waals surface area contributed by atoms with E-state index in [2.05, 4.69) is 11.4 Å². The Balaban J connectivity index is 2.92. The van der Waals surface area contributed by atoms with E-state index in [9.17, 15) is 0 Å². The van der Waals surface area contributed by atoms with Gasteiger partial charge in [-0.05, 0) is 19.1 Å². The summed E-state index contributed by atoms with van der Waals surface area (Å²) in [5, 5.41) is 12.2. The normalized spacial score (nSPS) is 11.6. The summed E-state index contributed by atoms with van der Waals surface area (Å²) in [5.41, 5.74) is 0.769. The lowest BCUT2D eigenvalue weighted by molar-refractivity contribution is 0.416. The van der Waals surface area contributed by atoms with E-state index in [1.807, 2.05) is 0 Å². The third kappa shape index (κ3) is 2.54. The van der Waals surface area contributed by atoms with E-state index in [4.69, 9.17) is 21.6 Å². The van der Waals surface area contributed by atoms with Crippen LogP contribution in [0.2, 0.25) is 5.02 Å². The highest BCUT2D eigenvalue weighted by molar-refractivity contribution is 6.30. The minimum atomic E-state index is -0.259. The third-order valence-electron chi connectivity index (χ3n) is 1.73. The van der Waals surface area contributed by atoms with Gasteiger partial charge in [-0.25, -0.2) is 0 Å². The average Bonchev–Trinajstić information content (AvgIpc) is 2.20. The van der Waals surface area contributed by atoms with E-state index < -0.39 is 0 Å². The summed E-state index contributed by atoms with van der Waals surface area (Å²) < 4.78 is 5.12. The molecule has 1 N–H and O–H groups in total. The molecular formula is C10H11ClN2O. The molecule has 0 amide bonds. The third-order valence-corrected chi connectivity index (χ3v) is 1.96. The van der Waals surface area contributed by atoms with Gasteiger partial charge < -0.3 is 10.1 Å². The van der Waals surface area contributed by atoms with Crippen LogP contribution in [0.15, 0.2) is 18.2 Å². The molecule has 1 aromatic rings. The fourth-order valence-electron chi connectivity index (χ4n) is 1.05. The number of nitrogens with one attached hydrogen (secondary N) is 1. The first kappa shape index (κ1) is 10.7. The van der Waals surface area contributed by atoms with Crippen molar-refractivity contribution in [2.24, 2.45) is 0 Å². The molecule has 0 aliphatic carbocycles. The molecule has 0 aliphatic heterocycles. The van der Waals surface area contributed by atoms with Gasteiger partial charge in [-0.1, -0.05) is 11.6 Å². The number of nitriles is 1. The van der Waals surface area contributed by atoms with E-state index in [1.165, 1.54) is 0 Å². The number of benzene rings is 1. The first-order valence-electron chi connectivity index (χ1n) is 4.17. The molecule has 1 atom stereocenters. The van der Waals surface area contributed by atoms with E-state index in [0.717, 1.165) is 5.69 Å². The van der Waals surface area contributed by atoms with Gasteiger partial charge in [0.1, 0.15) is 11.8 Å². The second kappa shape index (κ2) is 4.73. The Bertz CT molecular complexity index is 360. The van der Waals surface area contributed by atoms with Crippen LogP contribution in [0, 0.1) is 11.3 Å². The largest absolute Gasteiger partial charge is 0.495 e. The van der Waals surface area contributed by atoms with Crippen molar-refractivity contribution in [1.29, 1.82) is 5.26 Å². The molecule has 0 radical (unpaired) electrons. The van der Waals surface area contributed by atoms with Crippen LogP contribution in [0.3, 0.4) is 0 Å². The molecule has 0 aliphatic rings. The molecule has 1 unspecified atom stereocenters. The van der Waals surface area contributed by atoms with Crippen molar-refractivity contribution in [2.75, 3.05) is 12.4 Å². The highest BCUT2D eigenvalue weighted by Gasteiger charge is 2.06. The number of anilines is 1. The molecule has 4 heteroatoms. The molecule has 14 heavy (non-hydrogen) atoms. The maximum atomic E-state index is 8.63. The summed E-state index contributed by atoms with van der Waals surface area (Å²) >= 11 is 5.79. The zero-order chi connectivity index (χ0) is 10.6. The van der Waals surface area contributed by atoms with Crippen LogP contribution in [0.25, 0.3) is 0 Å². The van der Waals surface area contributed by atoms with Crippen molar-refractivity contribution in [2.45, 2.75) is 13.0 Å². The molecule has 3 nitrogen and oxygen atoms in total. The smallest absolute Gasteiger partial charge is 0.143 e. The van der Waals surface area contributed by atoms with Crippen LogP contribution in [-0.2, 0) is 0 Å². The summed E-state index contributed by atoms with van der Waals surface area (Å²) in [4.78, 5) is 0. The fourth-order valence-corrected chi connectivity index (χ4v) is 1.21. The molecular weight excluding hydrogens is 200 g/mol. The van der Waals surface area contributed by atoms with Crippen LogP contribution in [-0.4, -0.2) is 13.2 Å². The number of hydrogen-bond acceptors (Lipinski definition) is 3. The highest BCUT2D eigenvalue weighted by atomic mass is 35.5. The van der Waals surface area contributed by atoms with E-state index in [1.54, 1.807) is 32.2 Å². The lowest BCUT2D eigenvalue weighted by Crippen LogP contribution is -2.12. The topological polar surface area (TPSA) is 45.0 Å². The quantitative estimate of drug-likeness (QED) is 0.834. The second-order valence-corrected chi connectivity index (χ2v) is 3.28. The summed E-state index contributed by atoms with van der Waals surface area (Å²) in [5.74, 6) is 0.639. The van der Waals surface area contributed by atoms with Gasteiger partial charge in [0, 0.05) is 11.1 Å². The Labute approximate surface area is 88.3 Å². The summed E-state index contributed by atoms with van der Waals surface area (Å²) in [6.07, 6.45) is 0. The summed E-state index contributed by atoms with van der Waals surface area (Å²) in [6.45, 7) is 1.77. The van der Waals surface area contributed by atoms with Gasteiger partial charge in [0.2, 0.25) is 0 Å². The Morgan fingerprint density at radius 2 is 2.29 bits per heavy atom. The molecule has 0 saturated carbocycles. The summed E-state index contributed by atoms with van der Waals surface area (Å²) in [7, 11) is 1.56. The number of nitrogens with zero attached hydrogens (tertiary/aromatic N) is 1. The lowest BCUT2D eigenvalue weighted by Gasteiger charge is -2.12. The maximum absolute atomic E-state index is 8.63. The van der Waals surface area contributed by atoms with E-state index in [0.29, 0.717) is 10.8 Å². The van der Waals surface area contributed by atoms with Crippen LogP contribution in [0.1, 0.15) is 6.92 Å². The van der Waals surface area contributed by atoms with Crippen LogP contribution >= 0.6 is 11.6 Å². The number of methoxy groups -OCH3 is 1. The first-order valence-corrected chi connectivity index (χ1v) is 4.55. The van der Waals surface area contributed by atoms with Gasteiger partial charge in [-0.15, -0.1) is 0 Å². The minimum absolute atomic E-state index is 0.259. The van der Waals surface area contributed by atoms with Crippen molar-refractivity contribution in [3.05, 3.63) is 23.2 Å². The van der Waals surface area contributed by atoms with Gasteiger partial charge in [-0.2, -0.15) is 5.26 Å². The van der Waals surface area contributed by atoms with Crippen molar-refractivity contribution >= 4 is 17.3 Å². The Hall–Kier alpha value is -1.40. The molecule has 0 fully saturated rings. The predicted octanol–water partition coefficient (Wildman–Crippen LogP) is 2.67. The van der Waals surface area contributed by atoms with Crippen molar-refractivity contribution in [1.82, 2.24) is 0 Å². The maximum Gasteiger partial charge on any atom is 0.143 e. The van der Waals surface area contributed by atoms with Gasteiger partial charge in [0.25, 0.3) is 0 Å². The number of halogens is 1. The Kier molecular flexibility index (Phi) is 3.61. The van der Waals surface area contributed by atoms with E-state index in [-0.39, 0.29) is 6.04 Å². The zero-order valence-electron chi connectivity index (χ0n) is 8.04. The Morgan fingerprint density at radius 1 is 1.57 bits per heavy atom. The first-order chi connectivity index (χ1) is 6.67. The molecule has 0 aromatic heterocycles. The fraction of sp³-hybridized carbons (Fsp3) is 0.300. The average molecular weight is 211 g/mol. The SMILES string of the molecule is COc1cc(Cl)ccc1NC(C)C#N. The molecule has 1 aromatic carbocycles. The number of ether oxygens (including phenoxy) is 1. The molecule has 0 bridgehead atoms. The van der Waals surface area contributed by atoms with Crippen LogP contribution in [0.4, 0.5) is 5.69 Å².